The van der Waals surface area contributed by atoms with Crippen LogP contribution in [0.1, 0.15) is 5.69 Å². The number of hydrogen-bond acceptors (Lipinski definition) is 10. The molecule has 32 heavy (non-hydrogen) atoms. The summed E-state index contributed by atoms with van der Waals surface area (Å²) in [5, 5.41) is 18.7. The SMILES string of the molecule is O=[N+]([O-])c1nccn1CCOCCOCCOCCn1cc(COCCOCC[18F])nn1. The molecule has 13 nitrogen and oxygen atoms in total. The van der Waals surface area contributed by atoms with E-state index in [0.717, 1.165) is 0 Å². The van der Waals surface area contributed by atoms with E-state index in [9.17, 15) is 14.5 Å². The van der Waals surface area contributed by atoms with Gasteiger partial charge >= 0.3 is 5.95 Å². The van der Waals surface area contributed by atoms with E-state index in [1.165, 1.54) is 17.0 Å². The zero-order valence-electron chi connectivity index (χ0n) is 17.8. The van der Waals surface area contributed by atoms with Gasteiger partial charge in [-0.2, -0.15) is 0 Å². The first-order valence-corrected chi connectivity index (χ1v) is 10.2. The van der Waals surface area contributed by atoms with Crippen LogP contribution in [0.15, 0.2) is 18.6 Å². The predicted molar refractivity (Wildman–Crippen MR) is 108 cm³/mol. The van der Waals surface area contributed by atoms with Gasteiger partial charge in [-0.3, -0.25) is 0 Å². The van der Waals surface area contributed by atoms with Crippen LogP contribution in [0.4, 0.5) is 10.3 Å². The quantitative estimate of drug-likeness (QED) is 0.157. The van der Waals surface area contributed by atoms with Crippen LogP contribution in [0.3, 0.4) is 0 Å². The Balaban J connectivity index is 1.38. The molecule has 0 N–H and O–H groups in total. The maximum absolute atomic E-state index is 11.9. The zero-order valence-corrected chi connectivity index (χ0v) is 17.8. The summed E-state index contributed by atoms with van der Waals surface area (Å²) in [6.45, 7) is 3.95. The number of hydrogen-bond donors (Lipinski definition) is 0. The molecule has 2 heterocycles. The summed E-state index contributed by atoms with van der Waals surface area (Å²) in [7, 11) is 0. The first-order valence-electron chi connectivity index (χ1n) is 10.2. The molecule has 0 aliphatic rings. The largest absolute Gasteiger partial charge is 0.434 e. The van der Waals surface area contributed by atoms with E-state index in [1.807, 2.05) is 0 Å². The summed E-state index contributed by atoms with van der Waals surface area (Å²) in [6.07, 6.45) is 4.70. The van der Waals surface area contributed by atoms with Crippen LogP contribution in [0.25, 0.3) is 0 Å². The molecule has 0 radical (unpaired) electrons. The fourth-order valence-electron chi connectivity index (χ4n) is 2.48. The number of nitrogens with zero attached hydrogens (tertiary/aromatic N) is 6. The molecule has 0 bridgehead atoms. The normalized spacial score (nSPS) is 11.3. The summed E-state index contributed by atoms with van der Waals surface area (Å²) < 4.78 is 41.6. The number of imidazole rings is 1. The lowest BCUT2D eigenvalue weighted by Crippen LogP contribution is -2.14. The van der Waals surface area contributed by atoms with Gasteiger partial charge in [-0.1, -0.05) is 10.2 Å². The first-order chi connectivity index (χ1) is 15.7. The molecule has 0 unspecified atom stereocenters. The molecule has 0 aromatic carbocycles. The lowest BCUT2D eigenvalue weighted by molar-refractivity contribution is -0.396. The van der Waals surface area contributed by atoms with E-state index in [0.29, 0.717) is 78.2 Å². The summed E-state index contributed by atoms with van der Waals surface area (Å²) >= 11 is 0. The summed E-state index contributed by atoms with van der Waals surface area (Å²) in [5.74, 6) is -0.200. The van der Waals surface area contributed by atoms with Crippen molar-refractivity contribution >= 4 is 5.95 Å². The second-order valence-electron chi connectivity index (χ2n) is 6.34. The van der Waals surface area contributed by atoms with Gasteiger partial charge < -0.3 is 33.8 Å². The molecule has 0 aliphatic heterocycles. The molecule has 180 valence electrons. The lowest BCUT2D eigenvalue weighted by Gasteiger charge is -2.07. The Morgan fingerprint density at radius 1 is 0.906 bits per heavy atom. The molecule has 0 atom stereocenters. The third-order valence-electron chi connectivity index (χ3n) is 3.97. The van der Waals surface area contributed by atoms with Crippen LogP contribution in [-0.4, -0.2) is 95.6 Å². The Morgan fingerprint density at radius 2 is 1.53 bits per heavy atom. The van der Waals surface area contributed by atoms with Crippen molar-refractivity contribution in [1.82, 2.24) is 24.5 Å². The van der Waals surface area contributed by atoms with Crippen molar-refractivity contribution in [3.8, 4) is 0 Å². The molecule has 2 rings (SSSR count). The summed E-state index contributed by atoms with van der Waals surface area (Å²) in [4.78, 5) is 13.9. The van der Waals surface area contributed by atoms with Gasteiger partial charge in [0.05, 0.1) is 85.4 Å². The fourth-order valence-corrected chi connectivity index (χ4v) is 2.48. The summed E-state index contributed by atoms with van der Waals surface area (Å²) in [6, 6.07) is 0. The highest BCUT2D eigenvalue weighted by atomic mass is 18.2. The Bertz CT molecular complexity index is 760. The number of aromatic nitrogens is 5. The minimum Gasteiger partial charge on any atom is -0.390 e. The third kappa shape index (κ3) is 10.7. The highest BCUT2D eigenvalue weighted by molar-refractivity contribution is 5.06. The van der Waals surface area contributed by atoms with Crippen LogP contribution >= 0.6 is 0 Å². The number of ether oxygens (including phenoxy) is 5. The second kappa shape index (κ2) is 16.2. The molecule has 0 spiro atoms. The number of halogens is 1. The van der Waals surface area contributed by atoms with Crippen molar-refractivity contribution in [2.45, 2.75) is 19.7 Å². The van der Waals surface area contributed by atoms with Crippen LogP contribution in [0.2, 0.25) is 0 Å². The van der Waals surface area contributed by atoms with Crippen LogP contribution < -0.4 is 0 Å². The standard InChI is InChI=1S/C18H29FN6O7/c19-1-6-28-13-14-32-16-17-15-24(22-21-17)5-8-30-10-12-31-11-9-29-7-4-23-3-2-20-18(23)25(26)27/h2-3,15H,1,4-14,16H2/i19-1. The Kier molecular flexibility index (Phi) is 13.0. The molecular weight excluding hydrogens is 430 g/mol. The summed E-state index contributed by atoms with van der Waals surface area (Å²) in [5.41, 5.74) is 0.696. The van der Waals surface area contributed by atoms with E-state index in [-0.39, 0.29) is 12.6 Å². The average molecular weight is 459 g/mol. The highest BCUT2D eigenvalue weighted by Crippen LogP contribution is 2.06. The van der Waals surface area contributed by atoms with Gasteiger partial charge in [-0.15, -0.1) is 5.10 Å². The van der Waals surface area contributed by atoms with Crippen LogP contribution in [0, 0.1) is 10.1 Å². The Morgan fingerprint density at radius 3 is 2.22 bits per heavy atom. The van der Waals surface area contributed by atoms with Gasteiger partial charge in [-0.25, -0.2) is 13.6 Å². The molecule has 14 heteroatoms. The Hall–Kier alpha value is -2.52. The van der Waals surface area contributed by atoms with E-state index >= 15 is 0 Å². The van der Waals surface area contributed by atoms with Crippen molar-refractivity contribution in [3.05, 3.63) is 34.4 Å². The molecular formula is C18H29FN6O7. The monoisotopic (exact) mass is 459 g/mol. The van der Waals surface area contributed by atoms with Crippen molar-refractivity contribution in [1.29, 1.82) is 0 Å². The van der Waals surface area contributed by atoms with Gasteiger partial charge in [0.25, 0.3) is 0 Å². The van der Waals surface area contributed by atoms with Gasteiger partial charge in [0.2, 0.25) is 0 Å². The molecule has 0 saturated heterocycles. The fraction of sp³-hybridized carbons (Fsp3) is 0.722. The smallest absolute Gasteiger partial charge is 0.390 e. The van der Waals surface area contributed by atoms with Crippen molar-refractivity contribution < 1.29 is 33.0 Å². The minimum absolute atomic E-state index is 0.0832. The maximum Gasteiger partial charge on any atom is 0.434 e. The van der Waals surface area contributed by atoms with E-state index in [4.69, 9.17) is 23.7 Å². The topological polar surface area (TPSA) is 138 Å². The lowest BCUT2D eigenvalue weighted by atomic mass is 10.5. The Labute approximate surface area is 184 Å². The van der Waals surface area contributed by atoms with Crippen molar-refractivity contribution in [2.75, 3.05) is 66.1 Å². The third-order valence-corrected chi connectivity index (χ3v) is 3.97. The van der Waals surface area contributed by atoms with Crippen LogP contribution in [0.5, 0.6) is 0 Å². The van der Waals surface area contributed by atoms with Gasteiger partial charge in [0.15, 0.2) is 0 Å². The second-order valence-corrected chi connectivity index (χ2v) is 6.34. The van der Waals surface area contributed by atoms with Gasteiger partial charge in [0, 0.05) is 0 Å². The van der Waals surface area contributed by atoms with E-state index in [2.05, 4.69) is 15.3 Å². The van der Waals surface area contributed by atoms with E-state index in [1.54, 1.807) is 10.9 Å². The van der Waals surface area contributed by atoms with Crippen LogP contribution in [-0.2, 0) is 43.4 Å². The molecule has 0 saturated carbocycles. The molecule has 0 aliphatic carbocycles. The van der Waals surface area contributed by atoms with Gasteiger partial charge in [-0.05, 0) is 4.92 Å². The minimum atomic E-state index is -0.532. The number of nitro groups is 1. The van der Waals surface area contributed by atoms with Crippen molar-refractivity contribution in [3.63, 3.8) is 0 Å². The average Bonchev–Trinajstić information content (AvgIpc) is 3.44. The number of alkyl halides is 1. The number of rotatable bonds is 20. The maximum atomic E-state index is 11.9. The molecule has 2 aromatic heterocycles. The van der Waals surface area contributed by atoms with Crippen molar-refractivity contribution in [2.24, 2.45) is 0 Å². The zero-order chi connectivity index (χ0) is 22.9. The predicted octanol–water partition coefficient (Wildman–Crippen LogP) is 0.636. The highest BCUT2D eigenvalue weighted by Gasteiger charge is 2.13. The first kappa shape index (κ1) is 25.7. The molecule has 2 aromatic rings. The van der Waals surface area contributed by atoms with Gasteiger partial charge in [0.1, 0.15) is 24.8 Å². The molecule has 0 fully saturated rings. The van der Waals surface area contributed by atoms with E-state index < -0.39 is 11.6 Å². The molecule has 0 amide bonds.